The number of anilines is 1. The second kappa shape index (κ2) is 5.42. The lowest BCUT2D eigenvalue weighted by atomic mass is 9.81. The minimum absolute atomic E-state index is 0.0375. The van der Waals surface area contributed by atoms with E-state index in [1.54, 1.807) is 25.3 Å². The topological polar surface area (TPSA) is 57.5 Å². The lowest BCUT2D eigenvalue weighted by molar-refractivity contribution is 0.0827. The van der Waals surface area contributed by atoms with Gasteiger partial charge in [0.25, 0.3) is 5.91 Å². The Morgan fingerprint density at radius 2 is 2.13 bits per heavy atom. The zero-order chi connectivity index (χ0) is 16.0. The monoisotopic (exact) mass is 311 g/mol. The molecule has 0 bridgehead atoms. The lowest BCUT2D eigenvalue weighted by Gasteiger charge is -2.36. The number of furan rings is 1. The third kappa shape index (κ3) is 2.32. The summed E-state index contributed by atoms with van der Waals surface area (Å²) >= 11 is 0. The van der Waals surface area contributed by atoms with E-state index in [0.717, 1.165) is 30.0 Å². The van der Waals surface area contributed by atoms with Gasteiger partial charge < -0.3 is 20.0 Å². The molecule has 0 aliphatic carbocycles. The molecule has 1 amide bonds. The first-order chi connectivity index (χ1) is 11.1. The van der Waals surface area contributed by atoms with Gasteiger partial charge in [-0.3, -0.25) is 4.79 Å². The number of amides is 1. The number of carbonyl (C=O) groups is 1. The molecule has 0 saturated carbocycles. The number of hydrogen-bond donors (Lipinski definition) is 2. The van der Waals surface area contributed by atoms with E-state index in [0.29, 0.717) is 5.92 Å². The number of nitrogens with one attached hydrogen (secondary N) is 2. The minimum atomic E-state index is 0.0375. The highest BCUT2D eigenvalue weighted by Gasteiger charge is 2.41. The van der Waals surface area contributed by atoms with Crippen LogP contribution in [0.15, 0.2) is 41.0 Å². The SMILES string of the molecule is CN(C)C(=O)c1ccc2c(c1)[C@H]1NCC[C@H]1C(c1ccco1)N2. The Balaban J connectivity index is 1.74. The Labute approximate surface area is 135 Å². The van der Waals surface area contributed by atoms with Crippen LogP contribution < -0.4 is 10.6 Å². The molecule has 5 heteroatoms. The minimum Gasteiger partial charge on any atom is -0.467 e. The largest absolute Gasteiger partial charge is 0.467 e. The van der Waals surface area contributed by atoms with Crippen LogP contribution in [0.25, 0.3) is 0 Å². The molecule has 4 rings (SSSR count). The van der Waals surface area contributed by atoms with Gasteiger partial charge in [-0.15, -0.1) is 0 Å². The standard InChI is InChI=1S/C18H21N3O2/c1-21(2)18(22)11-5-6-14-13(10-11)16-12(7-8-19-16)17(20-14)15-4-3-9-23-15/h3-6,9-10,12,16-17,19-20H,7-8H2,1-2H3/t12-,16+,17?/m1/s1. The number of benzene rings is 1. The van der Waals surface area contributed by atoms with Gasteiger partial charge in [0.15, 0.2) is 0 Å². The van der Waals surface area contributed by atoms with Gasteiger partial charge >= 0.3 is 0 Å². The van der Waals surface area contributed by atoms with Crippen molar-refractivity contribution < 1.29 is 9.21 Å². The Kier molecular flexibility index (Phi) is 3.38. The molecule has 1 aromatic carbocycles. The quantitative estimate of drug-likeness (QED) is 0.895. The van der Waals surface area contributed by atoms with Crippen molar-refractivity contribution in [2.45, 2.75) is 18.5 Å². The van der Waals surface area contributed by atoms with Crippen LogP contribution in [0.2, 0.25) is 0 Å². The van der Waals surface area contributed by atoms with Crippen molar-refractivity contribution >= 4 is 11.6 Å². The second-order valence-corrected chi connectivity index (χ2v) is 6.52. The van der Waals surface area contributed by atoms with Crippen LogP contribution in [-0.2, 0) is 0 Å². The molecule has 1 unspecified atom stereocenters. The highest BCUT2D eigenvalue weighted by Crippen LogP contribution is 2.47. The first-order valence-electron chi connectivity index (χ1n) is 8.04. The molecule has 2 aromatic rings. The number of fused-ring (bicyclic) bond motifs is 3. The van der Waals surface area contributed by atoms with Crippen LogP contribution in [0.5, 0.6) is 0 Å². The van der Waals surface area contributed by atoms with Crippen molar-refractivity contribution in [3.63, 3.8) is 0 Å². The summed E-state index contributed by atoms with van der Waals surface area (Å²) in [6.45, 7) is 0.986. The van der Waals surface area contributed by atoms with Crippen molar-refractivity contribution in [2.24, 2.45) is 5.92 Å². The molecule has 1 fully saturated rings. The first kappa shape index (κ1) is 14.3. The Hall–Kier alpha value is -2.27. The molecule has 120 valence electrons. The van der Waals surface area contributed by atoms with Crippen molar-refractivity contribution in [3.05, 3.63) is 53.5 Å². The smallest absolute Gasteiger partial charge is 0.253 e. The normalized spacial score (nSPS) is 25.4. The molecular weight excluding hydrogens is 290 g/mol. The molecule has 5 nitrogen and oxygen atoms in total. The van der Waals surface area contributed by atoms with Gasteiger partial charge in [0.2, 0.25) is 0 Å². The summed E-state index contributed by atoms with van der Waals surface area (Å²) < 4.78 is 5.64. The fraction of sp³-hybridized carbons (Fsp3) is 0.389. The average Bonchev–Trinajstić information content (AvgIpc) is 3.24. The summed E-state index contributed by atoms with van der Waals surface area (Å²) in [5, 5.41) is 7.20. The van der Waals surface area contributed by atoms with Crippen LogP contribution >= 0.6 is 0 Å². The van der Waals surface area contributed by atoms with Crippen molar-refractivity contribution in [1.82, 2.24) is 10.2 Å². The van der Waals surface area contributed by atoms with Crippen LogP contribution in [0.4, 0.5) is 5.69 Å². The van der Waals surface area contributed by atoms with Gasteiger partial charge in [0.05, 0.1) is 12.3 Å². The van der Waals surface area contributed by atoms with Gasteiger partial charge in [-0.1, -0.05) is 0 Å². The molecule has 23 heavy (non-hydrogen) atoms. The number of carbonyl (C=O) groups excluding carboxylic acids is 1. The third-order valence-electron chi connectivity index (χ3n) is 4.90. The maximum Gasteiger partial charge on any atom is 0.253 e. The molecule has 3 atom stereocenters. The summed E-state index contributed by atoms with van der Waals surface area (Å²) in [5.41, 5.74) is 3.00. The molecule has 2 aliphatic heterocycles. The van der Waals surface area contributed by atoms with Crippen LogP contribution in [0.1, 0.15) is 40.2 Å². The summed E-state index contributed by atoms with van der Waals surface area (Å²) in [7, 11) is 3.56. The van der Waals surface area contributed by atoms with E-state index in [1.165, 1.54) is 5.56 Å². The first-order valence-corrected chi connectivity index (χ1v) is 8.04. The Morgan fingerprint density at radius 3 is 2.87 bits per heavy atom. The van der Waals surface area contributed by atoms with Crippen molar-refractivity contribution in [1.29, 1.82) is 0 Å². The fourth-order valence-corrected chi connectivity index (χ4v) is 3.79. The summed E-state index contributed by atoms with van der Waals surface area (Å²) in [6, 6.07) is 10.3. The van der Waals surface area contributed by atoms with Crippen molar-refractivity contribution in [3.8, 4) is 0 Å². The maximum atomic E-state index is 12.2. The Morgan fingerprint density at radius 1 is 1.26 bits per heavy atom. The molecule has 3 heterocycles. The summed E-state index contributed by atoms with van der Waals surface area (Å²) in [5.74, 6) is 1.44. The molecule has 0 spiro atoms. The average molecular weight is 311 g/mol. The van der Waals surface area contributed by atoms with Crippen LogP contribution in [0, 0.1) is 5.92 Å². The van der Waals surface area contributed by atoms with Gasteiger partial charge in [0.1, 0.15) is 5.76 Å². The molecule has 1 saturated heterocycles. The predicted octanol–water partition coefficient (Wildman–Crippen LogP) is 2.80. The van der Waals surface area contributed by atoms with Gasteiger partial charge in [-0.05, 0) is 48.9 Å². The van der Waals surface area contributed by atoms with Gasteiger partial charge in [-0.25, -0.2) is 0 Å². The predicted molar refractivity (Wildman–Crippen MR) is 88.4 cm³/mol. The van der Waals surface area contributed by atoms with Crippen LogP contribution in [0.3, 0.4) is 0 Å². The molecule has 2 aliphatic rings. The van der Waals surface area contributed by atoms with E-state index in [1.807, 2.05) is 30.3 Å². The second-order valence-electron chi connectivity index (χ2n) is 6.52. The highest BCUT2D eigenvalue weighted by atomic mass is 16.3. The summed E-state index contributed by atoms with van der Waals surface area (Å²) in [4.78, 5) is 13.9. The van der Waals surface area contributed by atoms with E-state index in [9.17, 15) is 4.79 Å². The highest BCUT2D eigenvalue weighted by molar-refractivity contribution is 5.94. The van der Waals surface area contributed by atoms with E-state index in [4.69, 9.17) is 4.42 Å². The van der Waals surface area contributed by atoms with Crippen LogP contribution in [-0.4, -0.2) is 31.4 Å². The molecule has 0 radical (unpaired) electrons. The zero-order valence-electron chi connectivity index (χ0n) is 13.4. The van der Waals surface area contributed by atoms with E-state index in [2.05, 4.69) is 10.6 Å². The van der Waals surface area contributed by atoms with E-state index < -0.39 is 0 Å². The fourth-order valence-electron chi connectivity index (χ4n) is 3.79. The molecule has 1 aromatic heterocycles. The molecular formula is C18H21N3O2. The van der Waals surface area contributed by atoms with Gasteiger partial charge in [-0.2, -0.15) is 0 Å². The summed E-state index contributed by atoms with van der Waals surface area (Å²) in [6.07, 6.45) is 2.82. The van der Waals surface area contributed by atoms with E-state index >= 15 is 0 Å². The number of hydrogen-bond acceptors (Lipinski definition) is 4. The number of nitrogens with zero attached hydrogens (tertiary/aromatic N) is 1. The Bertz CT molecular complexity index is 724. The van der Waals surface area contributed by atoms with E-state index in [-0.39, 0.29) is 18.0 Å². The zero-order valence-corrected chi connectivity index (χ0v) is 13.4. The lowest BCUT2D eigenvalue weighted by Crippen LogP contribution is -2.32. The van der Waals surface area contributed by atoms with Gasteiger partial charge in [0, 0.05) is 37.3 Å². The molecule has 2 N–H and O–H groups in total. The van der Waals surface area contributed by atoms with Crippen molar-refractivity contribution in [2.75, 3.05) is 26.0 Å². The third-order valence-corrected chi connectivity index (χ3v) is 4.90. The number of rotatable bonds is 2. The maximum absolute atomic E-state index is 12.2.